The lowest BCUT2D eigenvalue weighted by Gasteiger charge is -2.46. The molecule has 0 fully saturated rings. The summed E-state index contributed by atoms with van der Waals surface area (Å²) in [4.78, 5) is 14.4. The van der Waals surface area contributed by atoms with Crippen LogP contribution in [0.25, 0.3) is 5.57 Å². The number of fused-ring (bicyclic) bond motifs is 1. The summed E-state index contributed by atoms with van der Waals surface area (Å²) < 4.78 is 5.41. The van der Waals surface area contributed by atoms with E-state index < -0.39 is 0 Å². The molecule has 0 unspecified atom stereocenters. The van der Waals surface area contributed by atoms with E-state index in [0.29, 0.717) is 16.8 Å². The number of hydrogen-bond acceptors (Lipinski definition) is 4. The lowest BCUT2D eigenvalue weighted by atomic mass is 9.87. The van der Waals surface area contributed by atoms with Gasteiger partial charge in [0.15, 0.2) is 6.61 Å². The van der Waals surface area contributed by atoms with Gasteiger partial charge in [-0.3, -0.25) is 4.79 Å². The second-order valence-electron chi connectivity index (χ2n) is 8.26. The maximum Gasteiger partial charge on any atom is 0.277 e. The molecular weight excluding hydrogens is 398 g/mol. The second-order valence-corrected chi connectivity index (χ2v) is 8.70. The standard InChI is InChI=1S/C24H28ClN3O2/c1-16(2)28-22-10-9-18(11-21(22)17(3)13-24(28,4)5)14-26-27-23(29)15-30-20-8-6-7-19(25)12-20/h6-14,16H,15H2,1-5H3,(H,27,29)/b26-14-. The topological polar surface area (TPSA) is 53.9 Å². The summed E-state index contributed by atoms with van der Waals surface area (Å²) in [5.74, 6) is 0.198. The molecule has 1 N–H and O–H groups in total. The molecule has 2 aromatic rings. The smallest absolute Gasteiger partial charge is 0.277 e. The minimum absolute atomic E-state index is 0.0438. The molecule has 1 heterocycles. The minimum Gasteiger partial charge on any atom is -0.484 e. The zero-order valence-electron chi connectivity index (χ0n) is 18.1. The Hall–Kier alpha value is -2.79. The van der Waals surface area contributed by atoms with Crippen LogP contribution in [-0.2, 0) is 4.79 Å². The number of ether oxygens (including phenoxy) is 1. The average molecular weight is 426 g/mol. The van der Waals surface area contributed by atoms with Crippen LogP contribution in [0.5, 0.6) is 5.75 Å². The molecule has 2 aromatic carbocycles. The van der Waals surface area contributed by atoms with Crippen LogP contribution in [0.4, 0.5) is 5.69 Å². The van der Waals surface area contributed by atoms with Gasteiger partial charge >= 0.3 is 0 Å². The third-order valence-corrected chi connectivity index (χ3v) is 5.22. The normalized spacial score (nSPS) is 15.2. The number of benzene rings is 2. The molecule has 30 heavy (non-hydrogen) atoms. The van der Waals surface area contributed by atoms with Crippen LogP contribution in [0.2, 0.25) is 5.02 Å². The molecule has 1 amide bonds. The maximum atomic E-state index is 12.0. The van der Waals surface area contributed by atoms with Crippen molar-refractivity contribution in [1.29, 1.82) is 0 Å². The first-order valence-electron chi connectivity index (χ1n) is 10.0. The summed E-state index contributed by atoms with van der Waals surface area (Å²) in [5.41, 5.74) is 7.00. The van der Waals surface area contributed by atoms with Crippen LogP contribution in [0.15, 0.2) is 53.6 Å². The number of hydrogen-bond donors (Lipinski definition) is 1. The van der Waals surface area contributed by atoms with Gasteiger partial charge in [-0.2, -0.15) is 5.10 Å². The van der Waals surface area contributed by atoms with Crippen LogP contribution in [0.1, 0.15) is 45.7 Å². The van der Waals surface area contributed by atoms with E-state index in [2.05, 4.69) is 68.3 Å². The van der Waals surface area contributed by atoms with Crippen LogP contribution >= 0.6 is 11.6 Å². The Kier molecular flexibility index (Phi) is 6.52. The summed E-state index contributed by atoms with van der Waals surface area (Å²) in [6.45, 7) is 10.9. The molecule has 1 aliphatic heterocycles. The zero-order chi connectivity index (χ0) is 21.9. The highest BCUT2D eigenvalue weighted by atomic mass is 35.5. The zero-order valence-corrected chi connectivity index (χ0v) is 18.8. The van der Waals surface area contributed by atoms with Crippen molar-refractivity contribution in [2.24, 2.45) is 5.10 Å². The number of amides is 1. The summed E-state index contributed by atoms with van der Waals surface area (Å²) in [5, 5.41) is 4.62. The fourth-order valence-electron chi connectivity index (χ4n) is 4.01. The number of halogens is 1. The van der Waals surface area contributed by atoms with Gasteiger partial charge in [-0.05, 0) is 76.1 Å². The Labute approximate surface area is 183 Å². The first kappa shape index (κ1) is 21.9. The average Bonchev–Trinajstić information content (AvgIpc) is 2.66. The van der Waals surface area contributed by atoms with E-state index >= 15 is 0 Å². The first-order chi connectivity index (χ1) is 14.2. The van der Waals surface area contributed by atoms with E-state index in [1.54, 1.807) is 30.5 Å². The summed E-state index contributed by atoms with van der Waals surface area (Å²) >= 11 is 5.90. The third kappa shape index (κ3) is 5.03. The second kappa shape index (κ2) is 8.92. The predicted octanol–water partition coefficient (Wildman–Crippen LogP) is 5.28. The molecular formula is C24H28ClN3O2. The highest BCUT2D eigenvalue weighted by Gasteiger charge is 2.32. The van der Waals surface area contributed by atoms with Crippen molar-refractivity contribution in [3.63, 3.8) is 0 Å². The van der Waals surface area contributed by atoms with Gasteiger partial charge in [0.25, 0.3) is 5.91 Å². The van der Waals surface area contributed by atoms with Gasteiger partial charge in [-0.15, -0.1) is 0 Å². The number of hydrazone groups is 1. The number of allylic oxidation sites excluding steroid dienone is 1. The molecule has 0 spiro atoms. The maximum absolute atomic E-state index is 12.0. The molecule has 0 aromatic heterocycles. The van der Waals surface area contributed by atoms with Crippen LogP contribution in [0.3, 0.4) is 0 Å². The SMILES string of the molecule is CC1=CC(C)(C)N(C(C)C)c2ccc(/C=N\NC(=O)COc3cccc(Cl)c3)cc21. The van der Waals surface area contributed by atoms with Gasteiger partial charge in [0, 0.05) is 22.3 Å². The Morgan fingerprint density at radius 1 is 1.27 bits per heavy atom. The number of nitrogens with one attached hydrogen (secondary N) is 1. The Balaban J connectivity index is 1.66. The fourth-order valence-corrected chi connectivity index (χ4v) is 4.19. The van der Waals surface area contributed by atoms with Gasteiger partial charge < -0.3 is 9.64 Å². The van der Waals surface area contributed by atoms with Gasteiger partial charge in [0.1, 0.15) is 5.75 Å². The van der Waals surface area contributed by atoms with Crippen molar-refractivity contribution in [2.45, 2.75) is 46.2 Å². The molecule has 0 bridgehead atoms. The number of carbonyl (C=O) groups excluding carboxylic acids is 1. The van der Waals surface area contributed by atoms with E-state index in [1.165, 1.54) is 16.8 Å². The summed E-state index contributed by atoms with van der Waals surface area (Å²) in [6.07, 6.45) is 3.94. The first-order valence-corrected chi connectivity index (χ1v) is 10.4. The molecule has 0 saturated heterocycles. The number of anilines is 1. The molecule has 0 atom stereocenters. The Morgan fingerprint density at radius 3 is 2.73 bits per heavy atom. The molecule has 1 aliphatic rings. The van der Waals surface area contributed by atoms with Crippen molar-refractivity contribution in [3.05, 3.63) is 64.7 Å². The van der Waals surface area contributed by atoms with Crippen molar-refractivity contribution in [1.82, 2.24) is 5.43 Å². The van der Waals surface area contributed by atoms with Crippen molar-refractivity contribution in [3.8, 4) is 5.75 Å². The molecule has 5 nitrogen and oxygen atoms in total. The van der Waals surface area contributed by atoms with Crippen molar-refractivity contribution < 1.29 is 9.53 Å². The van der Waals surface area contributed by atoms with Crippen molar-refractivity contribution >= 4 is 35.0 Å². The molecule has 0 radical (unpaired) electrons. The number of rotatable bonds is 6. The largest absolute Gasteiger partial charge is 0.484 e. The highest BCUT2D eigenvalue weighted by molar-refractivity contribution is 6.30. The van der Waals surface area contributed by atoms with Gasteiger partial charge in [-0.1, -0.05) is 29.8 Å². The number of carbonyl (C=O) groups is 1. The quantitative estimate of drug-likeness (QED) is 0.506. The molecule has 158 valence electrons. The molecule has 0 saturated carbocycles. The van der Waals surface area contributed by atoms with Gasteiger partial charge in [0.05, 0.1) is 11.8 Å². The van der Waals surface area contributed by atoms with Crippen molar-refractivity contribution in [2.75, 3.05) is 11.5 Å². The van der Waals surface area contributed by atoms with Crippen LogP contribution in [0, 0.1) is 0 Å². The summed E-state index contributed by atoms with van der Waals surface area (Å²) in [7, 11) is 0. The highest BCUT2D eigenvalue weighted by Crippen LogP contribution is 2.40. The van der Waals surface area contributed by atoms with Crippen LogP contribution < -0.4 is 15.1 Å². The molecule has 6 heteroatoms. The fraction of sp³-hybridized carbons (Fsp3) is 0.333. The molecule has 3 rings (SSSR count). The monoisotopic (exact) mass is 425 g/mol. The van der Waals surface area contributed by atoms with E-state index in [9.17, 15) is 4.79 Å². The Bertz CT molecular complexity index is 996. The van der Waals surface area contributed by atoms with E-state index in [0.717, 1.165) is 5.56 Å². The van der Waals surface area contributed by atoms with E-state index in [1.807, 2.05) is 6.07 Å². The lowest BCUT2D eigenvalue weighted by Crippen LogP contribution is -2.49. The van der Waals surface area contributed by atoms with Crippen LogP contribution in [-0.4, -0.2) is 30.3 Å². The third-order valence-electron chi connectivity index (χ3n) is 4.98. The molecule has 0 aliphatic carbocycles. The minimum atomic E-state index is -0.340. The van der Waals surface area contributed by atoms with Gasteiger partial charge in [0.2, 0.25) is 0 Å². The van der Waals surface area contributed by atoms with E-state index in [-0.39, 0.29) is 18.1 Å². The van der Waals surface area contributed by atoms with E-state index in [4.69, 9.17) is 16.3 Å². The number of nitrogens with zero attached hydrogens (tertiary/aromatic N) is 2. The Morgan fingerprint density at radius 2 is 2.03 bits per heavy atom. The lowest BCUT2D eigenvalue weighted by molar-refractivity contribution is -0.123. The predicted molar refractivity (Wildman–Crippen MR) is 124 cm³/mol. The van der Waals surface area contributed by atoms with Gasteiger partial charge in [-0.25, -0.2) is 5.43 Å². The summed E-state index contributed by atoms with van der Waals surface area (Å²) in [6, 6.07) is 13.5.